The number of pyridine rings is 1. The van der Waals surface area contributed by atoms with Gasteiger partial charge in [0.2, 0.25) is 0 Å². The maximum absolute atomic E-state index is 6.39. The van der Waals surface area contributed by atoms with Crippen LogP contribution in [0.2, 0.25) is 0 Å². The molecule has 3 aromatic heterocycles. The Bertz CT molecular complexity index is 1720. The van der Waals surface area contributed by atoms with Gasteiger partial charge in [-0.25, -0.2) is 4.98 Å². The standard InChI is InChI=1S/C25H13NO2/c1-3-8-16-14(6-1)12-17-22-23-19(10-5-11-20(23)28-25(16)22)27-21-13-15-7-2-4-9-18(15)26-24(17)21/h1-13H. The van der Waals surface area contributed by atoms with Crippen molar-refractivity contribution in [1.29, 1.82) is 0 Å². The fraction of sp³-hybridized carbons (Fsp3) is 0. The summed E-state index contributed by atoms with van der Waals surface area (Å²) in [5, 5.41) is 6.45. The van der Waals surface area contributed by atoms with E-state index in [0.717, 1.165) is 65.7 Å². The first-order valence-corrected chi connectivity index (χ1v) is 9.32. The Morgan fingerprint density at radius 2 is 1.36 bits per heavy atom. The molecule has 0 saturated heterocycles. The topological polar surface area (TPSA) is 39.2 Å². The van der Waals surface area contributed by atoms with Crippen molar-refractivity contribution in [2.24, 2.45) is 0 Å². The van der Waals surface area contributed by atoms with Crippen molar-refractivity contribution in [2.75, 3.05) is 0 Å². The Balaban J connectivity index is 1.91. The van der Waals surface area contributed by atoms with Crippen LogP contribution in [-0.2, 0) is 0 Å². The van der Waals surface area contributed by atoms with E-state index in [9.17, 15) is 0 Å². The summed E-state index contributed by atoms with van der Waals surface area (Å²) >= 11 is 0. The zero-order valence-corrected chi connectivity index (χ0v) is 14.8. The van der Waals surface area contributed by atoms with Crippen LogP contribution in [0.5, 0.6) is 0 Å². The monoisotopic (exact) mass is 359 g/mol. The van der Waals surface area contributed by atoms with Crippen LogP contribution in [0.3, 0.4) is 0 Å². The van der Waals surface area contributed by atoms with E-state index < -0.39 is 0 Å². The van der Waals surface area contributed by atoms with Crippen molar-refractivity contribution < 1.29 is 8.83 Å². The molecule has 0 unspecified atom stereocenters. The zero-order valence-electron chi connectivity index (χ0n) is 14.8. The summed E-state index contributed by atoms with van der Waals surface area (Å²) < 4.78 is 12.7. The van der Waals surface area contributed by atoms with Crippen LogP contribution in [0.4, 0.5) is 0 Å². The van der Waals surface area contributed by atoms with Crippen LogP contribution >= 0.6 is 0 Å². The van der Waals surface area contributed by atoms with Gasteiger partial charge in [0.1, 0.15) is 22.3 Å². The summed E-state index contributed by atoms with van der Waals surface area (Å²) in [7, 11) is 0. The van der Waals surface area contributed by atoms with Crippen molar-refractivity contribution in [3.05, 3.63) is 78.9 Å². The van der Waals surface area contributed by atoms with Gasteiger partial charge in [-0.2, -0.15) is 0 Å². The molecule has 0 aliphatic rings. The second kappa shape index (κ2) is 4.90. The number of nitrogens with zero attached hydrogens (tertiary/aromatic N) is 1. The van der Waals surface area contributed by atoms with E-state index in [1.807, 2.05) is 42.5 Å². The van der Waals surface area contributed by atoms with E-state index in [0.29, 0.717) is 0 Å². The van der Waals surface area contributed by atoms with Gasteiger partial charge in [0, 0.05) is 21.5 Å². The second-order valence-corrected chi connectivity index (χ2v) is 7.21. The van der Waals surface area contributed by atoms with Gasteiger partial charge >= 0.3 is 0 Å². The molecule has 0 saturated carbocycles. The lowest BCUT2D eigenvalue weighted by molar-refractivity contribution is 0.657. The van der Waals surface area contributed by atoms with E-state index in [4.69, 9.17) is 13.8 Å². The molecule has 0 aliphatic carbocycles. The number of hydrogen-bond acceptors (Lipinski definition) is 3. The van der Waals surface area contributed by atoms with Crippen LogP contribution in [0.25, 0.3) is 65.7 Å². The summed E-state index contributed by atoms with van der Waals surface area (Å²) in [5.74, 6) is 0. The van der Waals surface area contributed by atoms with Crippen molar-refractivity contribution in [1.82, 2.24) is 4.98 Å². The van der Waals surface area contributed by atoms with Gasteiger partial charge in [0.15, 0.2) is 5.58 Å². The minimum atomic E-state index is 0.777. The molecule has 3 nitrogen and oxygen atoms in total. The summed E-state index contributed by atoms with van der Waals surface area (Å²) in [6.07, 6.45) is 0. The van der Waals surface area contributed by atoms with Crippen LogP contribution < -0.4 is 0 Å². The highest BCUT2D eigenvalue weighted by molar-refractivity contribution is 6.29. The minimum Gasteiger partial charge on any atom is -0.455 e. The van der Waals surface area contributed by atoms with Gasteiger partial charge in [-0.15, -0.1) is 0 Å². The number of rotatable bonds is 0. The highest BCUT2D eigenvalue weighted by Gasteiger charge is 2.19. The van der Waals surface area contributed by atoms with Crippen molar-refractivity contribution in [3.63, 3.8) is 0 Å². The lowest BCUT2D eigenvalue weighted by Crippen LogP contribution is -1.82. The third-order valence-corrected chi connectivity index (χ3v) is 5.62. The highest BCUT2D eigenvalue weighted by Crippen LogP contribution is 2.42. The van der Waals surface area contributed by atoms with E-state index >= 15 is 0 Å². The Kier molecular flexibility index (Phi) is 2.49. The molecular weight excluding hydrogens is 346 g/mol. The molecule has 0 radical (unpaired) electrons. The average Bonchev–Trinajstić information content (AvgIpc) is 3.07. The summed E-state index contributed by atoms with van der Waals surface area (Å²) in [6, 6.07) is 26.7. The number of hydrogen-bond donors (Lipinski definition) is 0. The van der Waals surface area contributed by atoms with Crippen LogP contribution in [0.15, 0.2) is 87.7 Å². The molecule has 0 bridgehead atoms. The molecule has 3 heteroatoms. The molecule has 0 N–H and O–H groups in total. The molecule has 0 amide bonds. The predicted octanol–water partition coefficient (Wildman–Crippen LogP) is 7.19. The van der Waals surface area contributed by atoms with Gasteiger partial charge in [-0.05, 0) is 35.7 Å². The predicted molar refractivity (Wildman–Crippen MR) is 114 cm³/mol. The second-order valence-electron chi connectivity index (χ2n) is 7.21. The van der Waals surface area contributed by atoms with Gasteiger partial charge < -0.3 is 8.83 Å². The Morgan fingerprint density at radius 1 is 0.571 bits per heavy atom. The third kappa shape index (κ3) is 1.71. The number of furan rings is 1. The molecule has 0 fully saturated rings. The Labute approximate surface area is 158 Å². The fourth-order valence-corrected chi connectivity index (χ4v) is 4.38. The number of aromatic nitrogens is 1. The maximum Gasteiger partial charge on any atom is 0.154 e. The molecular formula is C25H13NO2. The minimum absolute atomic E-state index is 0.777. The lowest BCUT2D eigenvalue weighted by Gasteiger charge is -2.03. The largest absolute Gasteiger partial charge is 0.455 e. The Morgan fingerprint density at radius 3 is 2.29 bits per heavy atom. The quantitative estimate of drug-likeness (QED) is 0.288. The molecule has 0 spiro atoms. The smallest absolute Gasteiger partial charge is 0.154 e. The average molecular weight is 359 g/mol. The van der Waals surface area contributed by atoms with E-state index in [2.05, 4.69) is 36.4 Å². The first kappa shape index (κ1) is 14.2. The summed E-state index contributed by atoms with van der Waals surface area (Å²) in [4.78, 5) is 4.99. The summed E-state index contributed by atoms with van der Waals surface area (Å²) in [5.41, 5.74) is 5.12. The Hall–Kier alpha value is -3.85. The van der Waals surface area contributed by atoms with Crippen molar-refractivity contribution in [2.45, 2.75) is 0 Å². The molecule has 130 valence electrons. The van der Waals surface area contributed by atoms with Crippen LogP contribution in [-0.4, -0.2) is 4.98 Å². The first-order valence-electron chi connectivity index (χ1n) is 9.32. The highest BCUT2D eigenvalue weighted by atomic mass is 16.3. The third-order valence-electron chi connectivity index (χ3n) is 5.62. The van der Waals surface area contributed by atoms with Crippen LogP contribution in [0.1, 0.15) is 0 Å². The molecule has 7 aromatic rings. The number of benzene rings is 4. The van der Waals surface area contributed by atoms with Gasteiger partial charge in [-0.1, -0.05) is 48.5 Å². The SMILES string of the molecule is c1ccc2nc3c(cc2c1)oc1cccc2oc4c5ccccc5cc3c4c12. The molecule has 4 aromatic carbocycles. The zero-order chi connectivity index (χ0) is 18.2. The fourth-order valence-electron chi connectivity index (χ4n) is 4.38. The number of para-hydroxylation sites is 1. The van der Waals surface area contributed by atoms with Gasteiger partial charge in [0.05, 0.1) is 10.9 Å². The normalized spacial score (nSPS) is 12.3. The number of fused-ring (bicyclic) bond motifs is 5. The van der Waals surface area contributed by atoms with E-state index in [-0.39, 0.29) is 0 Å². The molecule has 0 aliphatic heterocycles. The first-order chi connectivity index (χ1) is 13.9. The van der Waals surface area contributed by atoms with Crippen molar-refractivity contribution >= 4 is 65.7 Å². The van der Waals surface area contributed by atoms with E-state index in [1.54, 1.807) is 0 Å². The van der Waals surface area contributed by atoms with Crippen LogP contribution in [0, 0.1) is 0 Å². The molecule has 7 rings (SSSR count). The molecule has 28 heavy (non-hydrogen) atoms. The molecule has 0 atom stereocenters. The van der Waals surface area contributed by atoms with Gasteiger partial charge in [-0.3, -0.25) is 0 Å². The summed E-state index contributed by atoms with van der Waals surface area (Å²) in [6.45, 7) is 0. The van der Waals surface area contributed by atoms with Crippen molar-refractivity contribution in [3.8, 4) is 0 Å². The molecule has 3 heterocycles. The lowest BCUT2D eigenvalue weighted by atomic mass is 10.0. The maximum atomic E-state index is 6.39. The van der Waals surface area contributed by atoms with Gasteiger partial charge in [0.25, 0.3) is 0 Å². The van der Waals surface area contributed by atoms with E-state index in [1.165, 1.54) is 0 Å².